The van der Waals surface area contributed by atoms with E-state index in [2.05, 4.69) is 5.32 Å². The molecule has 1 saturated heterocycles. The number of para-hydroxylation sites is 1. The van der Waals surface area contributed by atoms with Crippen molar-refractivity contribution in [3.05, 3.63) is 64.3 Å². The highest BCUT2D eigenvalue weighted by Crippen LogP contribution is 2.29. The van der Waals surface area contributed by atoms with Crippen molar-refractivity contribution in [1.29, 1.82) is 0 Å². The first-order valence-electron chi connectivity index (χ1n) is 7.27. The van der Waals surface area contributed by atoms with Crippen molar-refractivity contribution in [2.24, 2.45) is 0 Å². The van der Waals surface area contributed by atoms with Gasteiger partial charge >= 0.3 is 0 Å². The molecule has 1 heterocycles. The second-order valence-electron chi connectivity index (χ2n) is 5.30. The van der Waals surface area contributed by atoms with E-state index in [0.29, 0.717) is 27.3 Å². The normalized spacial score (nSPS) is 15.8. The average Bonchev–Trinajstić information content (AvgIpc) is 2.83. The lowest BCUT2D eigenvalue weighted by Gasteiger charge is -2.16. The van der Waals surface area contributed by atoms with Gasteiger partial charge in [0.2, 0.25) is 0 Å². The number of carbonyl (C=O) groups is 1. The summed E-state index contributed by atoms with van der Waals surface area (Å²) in [4.78, 5) is 14.3. The van der Waals surface area contributed by atoms with Crippen LogP contribution in [0.15, 0.2) is 48.2 Å². The number of ether oxygens (including phenoxy) is 1. The fraction of sp³-hybridized carbons (Fsp3) is 0.111. The fourth-order valence-corrected chi connectivity index (χ4v) is 3.08. The minimum absolute atomic E-state index is 0.212. The maximum atomic E-state index is 12.8. The lowest BCUT2D eigenvalue weighted by molar-refractivity contribution is -0.113. The van der Waals surface area contributed by atoms with E-state index < -0.39 is 0 Å². The van der Waals surface area contributed by atoms with Crippen LogP contribution in [0.25, 0.3) is 6.08 Å². The molecule has 2 aromatic rings. The maximum absolute atomic E-state index is 12.8. The van der Waals surface area contributed by atoms with Crippen LogP contribution in [0.2, 0.25) is 5.02 Å². The van der Waals surface area contributed by atoms with E-state index in [-0.39, 0.29) is 5.91 Å². The van der Waals surface area contributed by atoms with Gasteiger partial charge in [0.15, 0.2) is 5.11 Å². The van der Waals surface area contributed by atoms with E-state index in [1.165, 1.54) is 4.90 Å². The Kier molecular flexibility index (Phi) is 4.55. The first-order valence-corrected chi connectivity index (χ1v) is 8.06. The third-order valence-corrected chi connectivity index (χ3v) is 4.24. The Hall–Kier alpha value is -2.37. The molecule has 6 heteroatoms. The molecule has 0 saturated carbocycles. The third kappa shape index (κ3) is 3.00. The largest absolute Gasteiger partial charge is 0.496 e. The first-order chi connectivity index (χ1) is 11.5. The molecular weight excluding hydrogens is 344 g/mol. The molecule has 4 nitrogen and oxygen atoms in total. The summed E-state index contributed by atoms with van der Waals surface area (Å²) < 4.78 is 5.32. The van der Waals surface area contributed by atoms with Crippen molar-refractivity contribution in [2.45, 2.75) is 6.92 Å². The number of anilines is 1. The van der Waals surface area contributed by atoms with Gasteiger partial charge in [0.1, 0.15) is 11.4 Å². The standard InChI is InChI=1S/C18H15ClN2O2S/c1-11-9-13(19)7-8-15(11)21-17(22)14(20-18(21)24)10-12-5-3-4-6-16(12)23-2/h3-10H,1-2H3,(H,20,24)/b14-10-. The van der Waals surface area contributed by atoms with E-state index in [1.54, 1.807) is 31.4 Å². The zero-order valence-electron chi connectivity index (χ0n) is 13.2. The topological polar surface area (TPSA) is 41.6 Å². The number of thiocarbonyl (C=S) groups is 1. The Morgan fingerprint density at radius 2 is 2.00 bits per heavy atom. The molecule has 0 spiro atoms. The van der Waals surface area contributed by atoms with Crippen LogP contribution in [0.3, 0.4) is 0 Å². The van der Waals surface area contributed by atoms with Crippen LogP contribution in [0.4, 0.5) is 5.69 Å². The molecule has 0 unspecified atom stereocenters. The van der Waals surface area contributed by atoms with Crippen LogP contribution >= 0.6 is 23.8 Å². The van der Waals surface area contributed by atoms with Gasteiger partial charge in [0.05, 0.1) is 12.8 Å². The van der Waals surface area contributed by atoms with Crippen molar-refractivity contribution >= 4 is 46.6 Å². The molecule has 24 heavy (non-hydrogen) atoms. The van der Waals surface area contributed by atoms with Crippen molar-refractivity contribution in [3.8, 4) is 5.75 Å². The summed E-state index contributed by atoms with van der Waals surface area (Å²) in [6.07, 6.45) is 1.73. The van der Waals surface area contributed by atoms with Gasteiger partial charge < -0.3 is 10.1 Å². The van der Waals surface area contributed by atoms with Gasteiger partial charge in [0.25, 0.3) is 5.91 Å². The molecule has 1 fully saturated rings. The van der Waals surface area contributed by atoms with Gasteiger partial charge in [-0.25, -0.2) is 0 Å². The SMILES string of the molecule is COc1ccccc1/C=C1\NC(=S)N(c2ccc(Cl)cc2C)C1=O. The van der Waals surface area contributed by atoms with E-state index in [1.807, 2.05) is 31.2 Å². The van der Waals surface area contributed by atoms with Gasteiger partial charge in [-0.1, -0.05) is 29.8 Å². The minimum atomic E-state index is -0.212. The van der Waals surface area contributed by atoms with Crippen LogP contribution in [0.1, 0.15) is 11.1 Å². The number of methoxy groups -OCH3 is 1. The molecule has 122 valence electrons. The summed E-state index contributed by atoms with van der Waals surface area (Å²) in [5.41, 5.74) is 2.79. The Morgan fingerprint density at radius 3 is 2.71 bits per heavy atom. The molecule has 3 rings (SSSR count). The van der Waals surface area contributed by atoms with Gasteiger partial charge in [-0.05, 0) is 55.0 Å². The quantitative estimate of drug-likeness (QED) is 0.667. The Balaban J connectivity index is 1.99. The molecule has 0 radical (unpaired) electrons. The van der Waals surface area contributed by atoms with E-state index in [9.17, 15) is 4.79 Å². The summed E-state index contributed by atoms with van der Waals surface area (Å²) in [5, 5.41) is 3.93. The number of amides is 1. The van der Waals surface area contributed by atoms with E-state index in [4.69, 9.17) is 28.6 Å². The number of rotatable bonds is 3. The van der Waals surface area contributed by atoms with Crippen LogP contribution in [0.5, 0.6) is 5.75 Å². The zero-order chi connectivity index (χ0) is 17.3. The van der Waals surface area contributed by atoms with Gasteiger partial charge in [-0.2, -0.15) is 0 Å². The van der Waals surface area contributed by atoms with Crippen LogP contribution in [-0.4, -0.2) is 18.1 Å². The molecular formula is C18H15ClN2O2S. The van der Waals surface area contributed by atoms with Crippen molar-refractivity contribution < 1.29 is 9.53 Å². The lowest BCUT2D eigenvalue weighted by Crippen LogP contribution is -2.30. The minimum Gasteiger partial charge on any atom is -0.496 e. The molecule has 0 aromatic heterocycles. The Labute approximate surface area is 150 Å². The van der Waals surface area contributed by atoms with E-state index in [0.717, 1.165) is 11.1 Å². The predicted octanol–water partition coefficient (Wildman–Crippen LogP) is 3.92. The Bertz CT molecular complexity index is 864. The number of carbonyl (C=O) groups excluding carboxylic acids is 1. The molecule has 0 atom stereocenters. The highest BCUT2D eigenvalue weighted by Gasteiger charge is 2.32. The number of hydrogen-bond acceptors (Lipinski definition) is 3. The van der Waals surface area contributed by atoms with Gasteiger partial charge in [0, 0.05) is 10.6 Å². The summed E-state index contributed by atoms with van der Waals surface area (Å²) in [6.45, 7) is 1.89. The van der Waals surface area contributed by atoms with Crippen molar-refractivity contribution in [3.63, 3.8) is 0 Å². The second kappa shape index (κ2) is 6.63. The van der Waals surface area contributed by atoms with Gasteiger partial charge in [-0.15, -0.1) is 0 Å². The van der Waals surface area contributed by atoms with Gasteiger partial charge in [-0.3, -0.25) is 9.69 Å². The summed E-state index contributed by atoms with van der Waals surface area (Å²) in [6, 6.07) is 12.8. The molecule has 1 amide bonds. The maximum Gasteiger partial charge on any atom is 0.281 e. The molecule has 0 bridgehead atoms. The molecule has 1 N–H and O–H groups in total. The fourth-order valence-electron chi connectivity index (χ4n) is 2.56. The lowest BCUT2D eigenvalue weighted by atomic mass is 10.1. The summed E-state index contributed by atoms with van der Waals surface area (Å²) in [7, 11) is 1.59. The first kappa shape index (κ1) is 16.5. The number of benzene rings is 2. The number of aryl methyl sites for hydroxylation is 1. The Morgan fingerprint density at radius 1 is 1.25 bits per heavy atom. The van der Waals surface area contributed by atoms with Crippen molar-refractivity contribution in [1.82, 2.24) is 5.32 Å². The number of halogens is 1. The second-order valence-corrected chi connectivity index (χ2v) is 6.12. The van der Waals surface area contributed by atoms with Crippen LogP contribution < -0.4 is 15.0 Å². The van der Waals surface area contributed by atoms with E-state index >= 15 is 0 Å². The number of nitrogens with zero attached hydrogens (tertiary/aromatic N) is 1. The average molecular weight is 359 g/mol. The smallest absolute Gasteiger partial charge is 0.281 e. The van der Waals surface area contributed by atoms with Crippen molar-refractivity contribution in [2.75, 3.05) is 12.0 Å². The summed E-state index contributed by atoms with van der Waals surface area (Å²) >= 11 is 11.3. The van der Waals surface area contributed by atoms with Crippen LogP contribution in [0, 0.1) is 6.92 Å². The molecule has 2 aromatic carbocycles. The highest BCUT2D eigenvalue weighted by molar-refractivity contribution is 7.80. The molecule has 1 aliphatic heterocycles. The highest BCUT2D eigenvalue weighted by atomic mass is 35.5. The molecule has 0 aliphatic carbocycles. The van der Waals surface area contributed by atoms with Crippen LogP contribution in [-0.2, 0) is 4.79 Å². The zero-order valence-corrected chi connectivity index (χ0v) is 14.7. The predicted molar refractivity (Wildman–Crippen MR) is 100 cm³/mol. The number of nitrogens with one attached hydrogen (secondary N) is 1. The monoisotopic (exact) mass is 358 g/mol. The third-order valence-electron chi connectivity index (χ3n) is 3.72. The molecule has 1 aliphatic rings. The number of hydrogen-bond donors (Lipinski definition) is 1. The summed E-state index contributed by atoms with van der Waals surface area (Å²) in [5.74, 6) is 0.475.